The lowest BCUT2D eigenvalue weighted by Gasteiger charge is -2.09. The molecule has 2 aromatic rings. The van der Waals surface area contributed by atoms with E-state index < -0.39 is 12.8 Å². The minimum atomic E-state index is -4.32. The molecule has 0 amide bonds. The second-order valence-corrected chi connectivity index (χ2v) is 4.77. The number of aromatic nitrogens is 1. The van der Waals surface area contributed by atoms with Gasteiger partial charge >= 0.3 is 6.18 Å². The number of ether oxygens (including phenoxy) is 1. The molecule has 0 saturated heterocycles. The number of benzene rings is 1. The lowest BCUT2D eigenvalue weighted by atomic mass is 10.2. The fraction of sp³-hybridized carbons (Fsp3) is 0.385. The van der Waals surface area contributed by atoms with Gasteiger partial charge in [0.05, 0.1) is 13.2 Å². The fourth-order valence-corrected chi connectivity index (χ4v) is 2.17. The molecule has 20 heavy (non-hydrogen) atoms. The molecule has 0 spiro atoms. The highest BCUT2D eigenvalue weighted by atomic mass is 35.5. The summed E-state index contributed by atoms with van der Waals surface area (Å²) in [5, 5.41) is 10.6. The fourth-order valence-electron chi connectivity index (χ4n) is 2.00. The third-order valence-electron chi connectivity index (χ3n) is 2.84. The number of halogens is 4. The van der Waals surface area contributed by atoms with E-state index in [1.165, 1.54) is 0 Å². The van der Waals surface area contributed by atoms with Crippen LogP contribution in [0.5, 0.6) is 0 Å². The molecule has 1 N–H and O–H groups in total. The van der Waals surface area contributed by atoms with Crippen molar-refractivity contribution < 1.29 is 23.0 Å². The first kappa shape index (κ1) is 15.2. The van der Waals surface area contributed by atoms with Crippen LogP contribution in [0.3, 0.4) is 0 Å². The molecule has 0 aliphatic heterocycles. The Morgan fingerprint density at radius 2 is 2.05 bits per heavy atom. The Morgan fingerprint density at radius 3 is 2.70 bits per heavy atom. The van der Waals surface area contributed by atoms with Crippen molar-refractivity contribution in [2.45, 2.75) is 19.3 Å². The van der Waals surface area contributed by atoms with Crippen molar-refractivity contribution in [1.29, 1.82) is 0 Å². The van der Waals surface area contributed by atoms with Crippen molar-refractivity contribution in [2.75, 3.05) is 13.2 Å². The van der Waals surface area contributed by atoms with Gasteiger partial charge in [0.15, 0.2) is 0 Å². The van der Waals surface area contributed by atoms with Gasteiger partial charge in [0.2, 0.25) is 0 Å². The van der Waals surface area contributed by atoms with Gasteiger partial charge in [-0.3, -0.25) is 0 Å². The van der Waals surface area contributed by atoms with Gasteiger partial charge in [0, 0.05) is 34.2 Å². The SMILES string of the molecule is OCc1cn(CCOCC(F)(F)F)c2cc(Cl)ccc12. The van der Waals surface area contributed by atoms with Crippen molar-refractivity contribution in [3.05, 3.63) is 35.0 Å². The van der Waals surface area contributed by atoms with Gasteiger partial charge in [-0.15, -0.1) is 0 Å². The number of rotatable bonds is 5. The van der Waals surface area contributed by atoms with E-state index in [-0.39, 0.29) is 19.8 Å². The predicted molar refractivity (Wildman–Crippen MR) is 69.7 cm³/mol. The third kappa shape index (κ3) is 3.65. The lowest BCUT2D eigenvalue weighted by molar-refractivity contribution is -0.174. The zero-order valence-corrected chi connectivity index (χ0v) is 11.2. The summed E-state index contributed by atoms with van der Waals surface area (Å²) < 4.78 is 42.2. The summed E-state index contributed by atoms with van der Waals surface area (Å²) in [4.78, 5) is 0. The summed E-state index contributed by atoms with van der Waals surface area (Å²) in [6, 6.07) is 5.18. The molecule has 0 bridgehead atoms. The maximum Gasteiger partial charge on any atom is 0.411 e. The number of hydrogen-bond acceptors (Lipinski definition) is 2. The first-order valence-electron chi connectivity index (χ1n) is 5.93. The normalized spacial score (nSPS) is 12.2. The number of nitrogens with zero attached hydrogens (tertiary/aromatic N) is 1. The van der Waals surface area contributed by atoms with Gasteiger partial charge in [0.25, 0.3) is 0 Å². The quantitative estimate of drug-likeness (QED) is 0.860. The molecule has 0 fully saturated rings. The van der Waals surface area contributed by atoms with Crippen molar-refractivity contribution in [1.82, 2.24) is 4.57 Å². The smallest absolute Gasteiger partial charge is 0.392 e. The van der Waals surface area contributed by atoms with E-state index >= 15 is 0 Å². The number of fused-ring (bicyclic) bond motifs is 1. The highest BCUT2D eigenvalue weighted by Crippen LogP contribution is 2.25. The van der Waals surface area contributed by atoms with Crippen LogP contribution < -0.4 is 0 Å². The van der Waals surface area contributed by atoms with Crippen molar-refractivity contribution in [3.8, 4) is 0 Å². The molecule has 7 heteroatoms. The molecule has 110 valence electrons. The molecule has 0 unspecified atom stereocenters. The summed E-state index contributed by atoms with van der Waals surface area (Å²) in [6.45, 7) is -1.22. The van der Waals surface area contributed by atoms with Crippen LogP contribution in [0.15, 0.2) is 24.4 Å². The molecular weight excluding hydrogens is 295 g/mol. The van der Waals surface area contributed by atoms with E-state index in [0.29, 0.717) is 10.6 Å². The Balaban J connectivity index is 2.11. The summed E-state index contributed by atoms with van der Waals surface area (Å²) in [5.41, 5.74) is 1.46. The minimum Gasteiger partial charge on any atom is -0.392 e. The van der Waals surface area contributed by atoms with Gasteiger partial charge in [-0.25, -0.2) is 0 Å². The number of aliphatic hydroxyl groups excluding tert-OH is 1. The van der Waals surface area contributed by atoms with Crippen LogP contribution in [0.4, 0.5) is 13.2 Å². The van der Waals surface area contributed by atoms with Crippen molar-refractivity contribution in [2.24, 2.45) is 0 Å². The van der Waals surface area contributed by atoms with E-state index in [0.717, 1.165) is 10.9 Å². The zero-order valence-electron chi connectivity index (χ0n) is 10.5. The van der Waals surface area contributed by atoms with Crippen LogP contribution in [-0.4, -0.2) is 29.1 Å². The first-order chi connectivity index (χ1) is 9.40. The molecule has 0 aliphatic rings. The largest absolute Gasteiger partial charge is 0.411 e. The molecule has 0 saturated carbocycles. The highest BCUT2D eigenvalue weighted by molar-refractivity contribution is 6.31. The maximum absolute atomic E-state index is 12.0. The Morgan fingerprint density at radius 1 is 1.30 bits per heavy atom. The second-order valence-electron chi connectivity index (χ2n) is 4.34. The molecule has 2 rings (SSSR count). The number of alkyl halides is 3. The monoisotopic (exact) mass is 307 g/mol. The van der Waals surface area contributed by atoms with Gasteiger partial charge in [-0.05, 0) is 12.1 Å². The Labute approximate surface area is 118 Å². The highest BCUT2D eigenvalue weighted by Gasteiger charge is 2.27. The molecule has 0 atom stereocenters. The number of aliphatic hydroxyl groups is 1. The molecule has 1 heterocycles. The van der Waals surface area contributed by atoms with Gasteiger partial charge in [-0.2, -0.15) is 13.2 Å². The molecule has 0 radical (unpaired) electrons. The van der Waals surface area contributed by atoms with Crippen LogP contribution in [0.25, 0.3) is 10.9 Å². The zero-order chi connectivity index (χ0) is 14.8. The topological polar surface area (TPSA) is 34.4 Å². The Kier molecular flexibility index (Phi) is 4.57. The van der Waals surface area contributed by atoms with E-state index in [2.05, 4.69) is 4.74 Å². The average Bonchev–Trinajstić information content (AvgIpc) is 2.71. The van der Waals surface area contributed by atoms with Crippen LogP contribution in [0.1, 0.15) is 5.56 Å². The second kappa shape index (κ2) is 6.03. The Hall–Kier alpha value is -1.24. The van der Waals surface area contributed by atoms with E-state index in [4.69, 9.17) is 11.6 Å². The molecule has 1 aromatic heterocycles. The predicted octanol–water partition coefficient (Wildman–Crippen LogP) is 3.37. The van der Waals surface area contributed by atoms with Crippen LogP contribution in [0, 0.1) is 0 Å². The van der Waals surface area contributed by atoms with Crippen molar-refractivity contribution >= 4 is 22.5 Å². The van der Waals surface area contributed by atoms with Crippen LogP contribution >= 0.6 is 11.6 Å². The minimum absolute atomic E-state index is 0.0688. The molecule has 0 aliphatic carbocycles. The summed E-state index contributed by atoms with van der Waals surface area (Å²) in [5.74, 6) is 0. The van der Waals surface area contributed by atoms with Crippen molar-refractivity contribution in [3.63, 3.8) is 0 Å². The Bertz CT molecular complexity index is 595. The number of hydrogen-bond donors (Lipinski definition) is 1. The standard InChI is InChI=1S/C13H13ClF3NO2/c14-10-1-2-11-9(7-19)6-18(12(11)5-10)3-4-20-8-13(15,16)17/h1-2,5-6,19H,3-4,7-8H2. The van der Waals surface area contributed by atoms with Gasteiger partial charge < -0.3 is 14.4 Å². The summed E-state index contributed by atoms with van der Waals surface area (Å²) >= 11 is 5.91. The molecule has 1 aromatic carbocycles. The van der Waals surface area contributed by atoms with Crippen LogP contribution in [0.2, 0.25) is 5.02 Å². The lowest BCUT2D eigenvalue weighted by Crippen LogP contribution is -2.18. The third-order valence-corrected chi connectivity index (χ3v) is 3.07. The van der Waals surface area contributed by atoms with E-state index in [9.17, 15) is 18.3 Å². The summed E-state index contributed by atoms with van der Waals surface area (Å²) in [7, 11) is 0. The van der Waals surface area contributed by atoms with Gasteiger partial charge in [-0.1, -0.05) is 17.7 Å². The maximum atomic E-state index is 12.0. The van der Waals surface area contributed by atoms with E-state index in [1.54, 1.807) is 29.0 Å². The van der Waals surface area contributed by atoms with E-state index in [1.807, 2.05) is 0 Å². The molecular formula is C13H13ClF3NO2. The average molecular weight is 308 g/mol. The summed E-state index contributed by atoms with van der Waals surface area (Å²) in [6.07, 6.45) is -2.63. The van der Waals surface area contributed by atoms with Crippen LogP contribution in [-0.2, 0) is 17.9 Å². The first-order valence-corrected chi connectivity index (χ1v) is 6.31. The van der Waals surface area contributed by atoms with Gasteiger partial charge in [0.1, 0.15) is 6.61 Å². The molecule has 3 nitrogen and oxygen atoms in total.